The molecule has 8 nitrogen and oxygen atoms in total. The highest BCUT2D eigenvalue weighted by Gasteiger charge is 2.32. The van der Waals surface area contributed by atoms with E-state index in [1.54, 1.807) is 17.0 Å². The summed E-state index contributed by atoms with van der Waals surface area (Å²) in [4.78, 5) is 5.64. The van der Waals surface area contributed by atoms with Crippen LogP contribution in [0.2, 0.25) is 5.02 Å². The second-order valence-corrected chi connectivity index (χ2v) is 11.4. The maximum absolute atomic E-state index is 13.3. The van der Waals surface area contributed by atoms with Gasteiger partial charge in [-0.05, 0) is 67.8 Å². The zero-order valence-electron chi connectivity index (χ0n) is 23.0. The minimum Gasteiger partial charge on any atom is -0.369 e. The summed E-state index contributed by atoms with van der Waals surface area (Å²) in [6, 6.07) is 20.0. The van der Waals surface area contributed by atoms with Crippen LogP contribution in [0, 0.1) is 0 Å². The Hall–Kier alpha value is -3.90. The molecule has 0 amide bonds. The highest BCUT2D eigenvalue weighted by atomic mass is 35.5. The van der Waals surface area contributed by atoms with Crippen LogP contribution < -0.4 is 5.73 Å². The second-order valence-electron chi connectivity index (χ2n) is 9.40. The minimum absolute atomic E-state index is 0.0230. The first kappa shape index (κ1) is 31.0. The third-order valence-electron chi connectivity index (χ3n) is 6.74. The number of nitrogens with zero attached hydrogens (tertiary/aromatic N) is 5. The van der Waals surface area contributed by atoms with Gasteiger partial charge in [-0.25, -0.2) is 5.01 Å². The predicted molar refractivity (Wildman–Crippen MR) is 159 cm³/mol. The summed E-state index contributed by atoms with van der Waals surface area (Å²) in [7, 11) is -4.50. The number of hydrazone groups is 1. The van der Waals surface area contributed by atoms with E-state index in [0.717, 1.165) is 23.3 Å². The number of halogens is 4. The molecule has 0 radical (unpaired) electrons. The first-order valence-electron chi connectivity index (χ1n) is 13.2. The molecule has 0 saturated carbocycles. The monoisotopic (exact) mass is 618 g/mol. The minimum atomic E-state index is -4.62. The number of aliphatic imine (C=N–C) groups is 1. The van der Waals surface area contributed by atoms with E-state index in [4.69, 9.17) is 22.4 Å². The van der Waals surface area contributed by atoms with Gasteiger partial charge >= 0.3 is 6.18 Å². The summed E-state index contributed by atoms with van der Waals surface area (Å²) in [5.41, 5.74) is 7.69. The Kier molecular flexibility index (Phi) is 9.57. The van der Waals surface area contributed by atoms with Gasteiger partial charge in [-0.15, -0.1) is 4.40 Å². The fraction of sp³-hybridized carbons (Fsp3) is 0.276. The number of guanidine groups is 2. The van der Waals surface area contributed by atoms with E-state index in [1.807, 2.05) is 56.3 Å². The number of hydrogen-bond acceptors (Lipinski definition) is 3. The summed E-state index contributed by atoms with van der Waals surface area (Å²) in [6.45, 7) is 4.97. The molecule has 0 aliphatic carbocycles. The van der Waals surface area contributed by atoms with Crippen molar-refractivity contribution in [3.63, 3.8) is 0 Å². The molecule has 2 N–H and O–H groups in total. The van der Waals surface area contributed by atoms with Crippen LogP contribution in [0.3, 0.4) is 0 Å². The van der Waals surface area contributed by atoms with Gasteiger partial charge in [-0.1, -0.05) is 54.1 Å². The molecule has 4 rings (SSSR count). The maximum Gasteiger partial charge on any atom is 0.416 e. The van der Waals surface area contributed by atoms with E-state index >= 15 is 0 Å². The second kappa shape index (κ2) is 13.0. The predicted octanol–water partition coefficient (Wildman–Crippen LogP) is 5.95. The van der Waals surface area contributed by atoms with E-state index in [-0.39, 0.29) is 24.4 Å². The molecule has 1 aliphatic heterocycles. The zero-order valence-corrected chi connectivity index (χ0v) is 24.5. The van der Waals surface area contributed by atoms with Gasteiger partial charge < -0.3 is 10.6 Å². The fourth-order valence-corrected chi connectivity index (χ4v) is 5.56. The van der Waals surface area contributed by atoms with Crippen molar-refractivity contribution < 1.29 is 21.6 Å². The molecule has 1 heterocycles. The fourth-order valence-electron chi connectivity index (χ4n) is 4.49. The molecule has 0 fully saturated rings. The van der Waals surface area contributed by atoms with E-state index in [1.165, 1.54) is 5.01 Å². The molecule has 1 atom stereocenters. The topological polar surface area (TPSA) is 104 Å². The molecule has 0 aromatic heterocycles. The van der Waals surface area contributed by atoms with Crippen LogP contribution in [-0.4, -0.2) is 55.6 Å². The number of hydrogen-bond donors (Lipinski definition) is 1. The summed E-state index contributed by atoms with van der Waals surface area (Å²) >= 11 is 6.13. The van der Waals surface area contributed by atoms with Gasteiger partial charge in [0.05, 0.1) is 16.2 Å². The molecule has 0 saturated heterocycles. The van der Waals surface area contributed by atoms with Crippen LogP contribution in [-0.2, 0) is 16.2 Å². The summed E-state index contributed by atoms with van der Waals surface area (Å²) in [5.74, 6) is -0.410. The Bertz CT molecular complexity index is 1570. The Morgan fingerprint density at radius 1 is 1.02 bits per heavy atom. The van der Waals surface area contributed by atoms with Gasteiger partial charge in [-0.3, -0.25) is 0 Å². The Morgan fingerprint density at radius 3 is 2.21 bits per heavy atom. The van der Waals surface area contributed by atoms with Crippen LogP contribution in [0.25, 0.3) is 0 Å². The van der Waals surface area contributed by atoms with Gasteiger partial charge in [0.15, 0.2) is 5.96 Å². The molecule has 3 aromatic rings. The number of nitrogens with two attached hydrogens (primary N) is 1. The average Bonchev–Trinajstić information content (AvgIpc) is 2.97. The summed E-state index contributed by atoms with van der Waals surface area (Å²) in [6.07, 6.45) is -4.08. The molecule has 3 aromatic carbocycles. The molecule has 1 unspecified atom stereocenters. The lowest BCUT2D eigenvalue weighted by Crippen LogP contribution is -2.41. The molecule has 0 bridgehead atoms. The van der Waals surface area contributed by atoms with Gasteiger partial charge in [0, 0.05) is 30.6 Å². The molecule has 222 valence electrons. The van der Waals surface area contributed by atoms with Gasteiger partial charge in [0.1, 0.15) is 0 Å². The quantitative estimate of drug-likeness (QED) is 0.271. The third-order valence-corrected chi connectivity index (χ3v) is 8.27. The van der Waals surface area contributed by atoms with Crippen molar-refractivity contribution in [2.75, 3.05) is 19.6 Å². The van der Waals surface area contributed by atoms with Crippen LogP contribution >= 0.6 is 11.6 Å². The van der Waals surface area contributed by atoms with Crippen molar-refractivity contribution >= 4 is 39.3 Å². The molecule has 42 heavy (non-hydrogen) atoms. The van der Waals surface area contributed by atoms with Crippen molar-refractivity contribution in [3.8, 4) is 0 Å². The van der Waals surface area contributed by atoms with E-state index in [9.17, 15) is 21.6 Å². The lowest BCUT2D eigenvalue weighted by molar-refractivity contribution is -0.137. The average molecular weight is 619 g/mol. The normalized spacial score (nSPS) is 16.8. The third kappa shape index (κ3) is 7.29. The van der Waals surface area contributed by atoms with Crippen LogP contribution in [0.5, 0.6) is 0 Å². The smallest absolute Gasteiger partial charge is 0.369 e. The zero-order chi connectivity index (χ0) is 30.5. The highest BCUT2D eigenvalue weighted by Crippen LogP contribution is 2.32. The van der Waals surface area contributed by atoms with Crippen molar-refractivity contribution in [2.24, 2.45) is 20.2 Å². The van der Waals surface area contributed by atoms with Gasteiger partial charge in [0.25, 0.3) is 16.0 Å². The first-order chi connectivity index (χ1) is 19.9. The summed E-state index contributed by atoms with van der Waals surface area (Å²) in [5, 5.41) is 6.72. The molecular formula is C29H30ClF3N6O2S. The van der Waals surface area contributed by atoms with E-state index < -0.39 is 26.7 Å². The number of rotatable bonds is 6. The SMILES string of the molecule is CCN(CC)/C(N)=N/C(=N/S(=O)(=O)c1ccc(C(F)(F)F)cc1)N1CCC(c2ccccc2)C(c2ccc(Cl)cc2)=N1. The van der Waals surface area contributed by atoms with E-state index in [2.05, 4.69) is 9.39 Å². The molecular weight excluding hydrogens is 589 g/mol. The first-order valence-corrected chi connectivity index (χ1v) is 15.0. The maximum atomic E-state index is 13.3. The lowest BCUT2D eigenvalue weighted by Gasteiger charge is -2.31. The molecule has 0 spiro atoms. The number of sulfonamides is 1. The van der Waals surface area contributed by atoms with Crippen molar-refractivity contribution in [3.05, 3.63) is 101 Å². The number of alkyl halides is 3. The summed E-state index contributed by atoms with van der Waals surface area (Å²) < 4.78 is 69.8. The highest BCUT2D eigenvalue weighted by molar-refractivity contribution is 7.90. The van der Waals surface area contributed by atoms with Crippen LogP contribution in [0.4, 0.5) is 13.2 Å². The molecule has 13 heteroatoms. The Labute approximate surface area is 248 Å². The van der Waals surface area contributed by atoms with Crippen LogP contribution in [0.15, 0.2) is 98.2 Å². The largest absolute Gasteiger partial charge is 0.416 e. The van der Waals surface area contributed by atoms with Crippen molar-refractivity contribution in [2.45, 2.75) is 37.3 Å². The van der Waals surface area contributed by atoms with Crippen molar-refractivity contribution in [1.29, 1.82) is 0 Å². The van der Waals surface area contributed by atoms with Crippen molar-refractivity contribution in [1.82, 2.24) is 9.91 Å². The van der Waals surface area contributed by atoms with E-state index in [0.29, 0.717) is 42.4 Å². The van der Waals surface area contributed by atoms with Gasteiger partial charge in [0.2, 0.25) is 0 Å². The standard InChI is InChI=1S/C29H30ClF3N6O2S/c1-3-38(4-2)27(34)35-28(37-42(40,41)24-16-12-22(13-17-24)29(31,32)33)39-19-18-25(20-8-6-5-7-9-20)26(36-39)21-10-14-23(30)15-11-21/h5-17,25H,3-4,18-19H2,1-2H3,(H2,34,35,37). The molecule has 1 aliphatic rings. The van der Waals surface area contributed by atoms with Gasteiger partial charge in [-0.2, -0.15) is 31.7 Å². The Morgan fingerprint density at radius 2 is 1.64 bits per heavy atom. The lowest BCUT2D eigenvalue weighted by atomic mass is 9.86. The number of benzene rings is 3. The Balaban J connectivity index is 1.84. The van der Waals surface area contributed by atoms with Crippen LogP contribution in [0.1, 0.15) is 42.9 Å².